The van der Waals surface area contributed by atoms with Crippen molar-refractivity contribution in [2.45, 2.75) is 26.8 Å². The Labute approximate surface area is 121 Å². The highest BCUT2D eigenvalue weighted by atomic mass is 16.2. The largest absolute Gasteiger partial charge is 0.385 e. The number of hydrogen-bond acceptors (Lipinski definition) is 3. The molecule has 110 valence electrons. The normalized spacial score (nSPS) is 20.0. The van der Waals surface area contributed by atoms with Crippen LogP contribution in [-0.2, 0) is 0 Å². The number of amides is 1. The molecule has 4 nitrogen and oxygen atoms in total. The number of nitrogens with one attached hydrogen (secondary N) is 1. The molecule has 20 heavy (non-hydrogen) atoms. The lowest BCUT2D eigenvalue weighted by molar-refractivity contribution is 0.0533. The van der Waals surface area contributed by atoms with Crippen LogP contribution in [0.3, 0.4) is 0 Å². The van der Waals surface area contributed by atoms with E-state index in [-0.39, 0.29) is 11.9 Å². The van der Waals surface area contributed by atoms with Crippen molar-refractivity contribution in [2.24, 2.45) is 0 Å². The van der Waals surface area contributed by atoms with Gasteiger partial charge in [0.2, 0.25) is 0 Å². The van der Waals surface area contributed by atoms with Crippen LogP contribution in [0, 0.1) is 6.92 Å². The van der Waals surface area contributed by atoms with Crippen molar-refractivity contribution >= 4 is 11.6 Å². The zero-order valence-electron chi connectivity index (χ0n) is 12.9. The first-order chi connectivity index (χ1) is 9.52. The van der Waals surface area contributed by atoms with Crippen molar-refractivity contribution in [1.82, 2.24) is 9.80 Å². The lowest BCUT2D eigenvalue weighted by Crippen LogP contribution is -2.52. The first-order valence-corrected chi connectivity index (χ1v) is 7.37. The molecule has 1 N–H and O–H groups in total. The molecule has 2 rings (SSSR count). The molecule has 0 bridgehead atoms. The predicted molar refractivity (Wildman–Crippen MR) is 83.3 cm³/mol. The van der Waals surface area contributed by atoms with Crippen LogP contribution in [0.25, 0.3) is 0 Å². The second kappa shape index (κ2) is 6.27. The Hall–Kier alpha value is -1.55. The van der Waals surface area contributed by atoms with Crippen molar-refractivity contribution in [3.8, 4) is 0 Å². The van der Waals surface area contributed by atoms with Gasteiger partial charge in [-0.25, -0.2) is 0 Å². The first kappa shape index (κ1) is 14.9. The molecule has 1 heterocycles. The Bertz CT molecular complexity index is 487. The van der Waals surface area contributed by atoms with Crippen molar-refractivity contribution in [3.63, 3.8) is 0 Å². The smallest absolute Gasteiger partial charge is 0.254 e. The van der Waals surface area contributed by atoms with Crippen molar-refractivity contribution in [3.05, 3.63) is 29.3 Å². The van der Waals surface area contributed by atoms with Gasteiger partial charge in [-0.3, -0.25) is 4.79 Å². The monoisotopic (exact) mass is 275 g/mol. The lowest BCUT2D eigenvalue weighted by Gasteiger charge is -2.38. The minimum absolute atomic E-state index is 0.158. The third kappa shape index (κ3) is 3.12. The molecule has 0 radical (unpaired) electrons. The molecule has 1 aliphatic rings. The van der Waals surface area contributed by atoms with Crippen molar-refractivity contribution < 1.29 is 4.79 Å². The summed E-state index contributed by atoms with van der Waals surface area (Å²) >= 11 is 0. The quantitative estimate of drug-likeness (QED) is 0.918. The molecule has 1 fully saturated rings. The van der Waals surface area contributed by atoms with Gasteiger partial charge in [0.15, 0.2) is 0 Å². The van der Waals surface area contributed by atoms with Crippen LogP contribution in [0.15, 0.2) is 18.2 Å². The van der Waals surface area contributed by atoms with E-state index >= 15 is 0 Å². The van der Waals surface area contributed by atoms with Crippen LogP contribution >= 0.6 is 0 Å². The Balaban J connectivity index is 2.16. The van der Waals surface area contributed by atoms with Gasteiger partial charge in [0.05, 0.1) is 0 Å². The van der Waals surface area contributed by atoms with Gasteiger partial charge in [-0.15, -0.1) is 0 Å². The third-order valence-corrected chi connectivity index (χ3v) is 3.93. The number of nitrogens with zero attached hydrogens (tertiary/aromatic N) is 2. The number of carbonyl (C=O) groups excluding carboxylic acids is 1. The van der Waals surface area contributed by atoms with Crippen molar-refractivity contribution in [1.29, 1.82) is 0 Å². The van der Waals surface area contributed by atoms with Crippen LogP contribution in [0.5, 0.6) is 0 Å². The topological polar surface area (TPSA) is 35.6 Å². The summed E-state index contributed by atoms with van der Waals surface area (Å²) < 4.78 is 0. The summed E-state index contributed by atoms with van der Waals surface area (Å²) in [4.78, 5) is 17.0. The highest BCUT2D eigenvalue weighted by molar-refractivity contribution is 5.96. The predicted octanol–water partition coefficient (Wildman–Crippen LogP) is 2.20. The summed E-state index contributed by atoms with van der Waals surface area (Å²) in [7, 11) is 2.11. The van der Waals surface area contributed by atoms with Gasteiger partial charge in [-0.1, -0.05) is 0 Å². The van der Waals surface area contributed by atoms with E-state index < -0.39 is 0 Å². The third-order valence-electron chi connectivity index (χ3n) is 3.93. The van der Waals surface area contributed by atoms with E-state index in [0.717, 1.165) is 43.0 Å². The van der Waals surface area contributed by atoms with Gasteiger partial charge in [-0.05, 0) is 51.6 Å². The standard InChI is InChI=1S/C16H25N3O/c1-5-17-14-6-7-15(12(2)10-14)16(20)19-9-8-18(4)11-13(19)3/h6-7,10,13,17H,5,8-9,11H2,1-4H3. The highest BCUT2D eigenvalue weighted by Gasteiger charge is 2.27. The van der Waals surface area contributed by atoms with Crippen LogP contribution in [0.2, 0.25) is 0 Å². The van der Waals surface area contributed by atoms with Crippen LogP contribution in [0.4, 0.5) is 5.69 Å². The average Bonchev–Trinajstić information content (AvgIpc) is 2.38. The highest BCUT2D eigenvalue weighted by Crippen LogP contribution is 2.19. The molecule has 1 aromatic rings. The maximum Gasteiger partial charge on any atom is 0.254 e. The molecular formula is C16H25N3O. The maximum absolute atomic E-state index is 12.7. The number of likely N-dealkylation sites (N-methyl/N-ethyl adjacent to an activating group) is 1. The zero-order valence-corrected chi connectivity index (χ0v) is 12.9. The van der Waals surface area contributed by atoms with E-state index in [0.29, 0.717) is 0 Å². The minimum atomic E-state index is 0.158. The van der Waals surface area contributed by atoms with Gasteiger partial charge < -0.3 is 15.1 Å². The van der Waals surface area contributed by atoms with Gasteiger partial charge in [0.25, 0.3) is 5.91 Å². The summed E-state index contributed by atoms with van der Waals surface area (Å²) in [6.45, 7) is 9.79. The number of anilines is 1. The summed E-state index contributed by atoms with van der Waals surface area (Å²) in [5, 5.41) is 3.28. The van der Waals surface area contributed by atoms with E-state index in [9.17, 15) is 4.79 Å². The molecule has 0 aromatic heterocycles. The van der Waals surface area contributed by atoms with Crippen molar-refractivity contribution in [2.75, 3.05) is 38.5 Å². The molecule has 1 aliphatic heterocycles. The summed E-state index contributed by atoms with van der Waals surface area (Å²) in [6.07, 6.45) is 0. The summed E-state index contributed by atoms with van der Waals surface area (Å²) in [6, 6.07) is 6.26. The molecule has 1 saturated heterocycles. The number of hydrogen-bond donors (Lipinski definition) is 1. The molecule has 4 heteroatoms. The van der Waals surface area contributed by atoms with E-state index in [2.05, 4.69) is 37.2 Å². The molecule has 1 aromatic carbocycles. The van der Waals surface area contributed by atoms with Crippen LogP contribution < -0.4 is 5.32 Å². The fourth-order valence-electron chi connectivity index (χ4n) is 2.81. The Morgan fingerprint density at radius 2 is 2.15 bits per heavy atom. The molecule has 1 unspecified atom stereocenters. The van der Waals surface area contributed by atoms with E-state index in [4.69, 9.17) is 0 Å². The maximum atomic E-state index is 12.7. The number of rotatable bonds is 3. The Morgan fingerprint density at radius 1 is 1.40 bits per heavy atom. The Morgan fingerprint density at radius 3 is 2.75 bits per heavy atom. The minimum Gasteiger partial charge on any atom is -0.385 e. The SMILES string of the molecule is CCNc1ccc(C(=O)N2CCN(C)CC2C)c(C)c1. The van der Waals surface area contributed by atoms with E-state index in [1.165, 1.54) is 0 Å². The number of aryl methyl sites for hydroxylation is 1. The van der Waals surface area contributed by atoms with Crippen LogP contribution in [-0.4, -0.2) is 55.0 Å². The molecule has 0 spiro atoms. The Kier molecular flexibility index (Phi) is 4.65. The molecule has 0 aliphatic carbocycles. The van der Waals surface area contributed by atoms with E-state index in [1.807, 2.05) is 24.0 Å². The van der Waals surface area contributed by atoms with E-state index in [1.54, 1.807) is 0 Å². The number of benzene rings is 1. The molecule has 0 saturated carbocycles. The molecule has 1 amide bonds. The van der Waals surface area contributed by atoms with Gasteiger partial charge in [0, 0.05) is 43.5 Å². The first-order valence-electron chi connectivity index (χ1n) is 7.37. The van der Waals surface area contributed by atoms with Gasteiger partial charge >= 0.3 is 0 Å². The fraction of sp³-hybridized carbons (Fsp3) is 0.562. The second-order valence-electron chi connectivity index (χ2n) is 5.67. The number of carbonyl (C=O) groups is 1. The van der Waals surface area contributed by atoms with Crippen LogP contribution in [0.1, 0.15) is 29.8 Å². The fourth-order valence-corrected chi connectivity index (χ4v) is 2.81. The zero-order chi connectivity index (χ0) is 14.7. The molecule has 1 atom stereocenters. The molecular weight excluding hydrogens is 250 g/mol. The number of piperazine rings is 1. The van der Waals surface area contributed by atoms with Gasteiger partial charge in [0.1, 0.15) is 0 Å². The van der Waals surface area contributed by atoms with Gasteiger partial charge in [-0.2, -0.15) is 0 Å². The summed E-state index contributed by atoms with van der Waals surface area (Å²) in [5.41, 5.74) is 2.94. The second-order valence-corrected chi connectivity index (χ2v) is 5.67. The average molecular weight is 275 g/mol. The summed E-state index contributed by atoms with van der Waals surface area (Å²) in [5.74, 6) is 0.158. The lowest BCUT2D eigenvalue weighted by atomic mass is 10.0.